The molecule has 1 aromatic heterocycles. The fourth-order valence-corrected chi connectivity index (χ4v) is 3.76. The zero-order valence-corrected chi connectivity index (χ0v) is 18.7. The van der Waals surface area contributed by atoms with E-state index in [0.29, 0.717) is 25.7 Å². The van der Waals surface area contributed by atoms with E-state index in [4.69, 9.17) is 8.42 Å². The van der Waals surface area contributed by atoms with Gasteiger partial charge in [0.1, 0.15) is 23.0 Å². The molecule has 4 rings (SSSR count). The summed E-state index contributed by atoms with van der Waals surface area (Å²) in [4.78, 5) is 26.0. The third-order valence-electron chi connectivity index (χ3n) is 5.18. The van der Waals surface area contributed by atoms with Gasteiger partial charge in [0.25, 0.3) is 0 Å². The lowest BCUT2D eigenvalue weighted by molar-refractivity contribution is 0.0695. The molecule has 3 aromatic rings. The molecule has 0 radical (unpaired) electrons. The number of aromatic carboxylic acids is 1. The van der Waals surface area contributed by atoms with Crippen molar-refractivity contribution in [1.82, 2.24) is 9.88 Å². The number of hydrogen-bond acceptors (Lipinski definition) is 6. The van der Waals surface area contributed by atoms with Crippen LogP contribution >= 0.6 is 0 Å². The number of carbonyl (C=O) groups is 1. The van der Waals surface area contributed by atoms with Crippen LogP contribution in [0, 0.1) is 17.5 Å². The van der Waals surface area contributed by atoms with Gasteiger partial charge in [0, 0.05) is 43.3 Å². The Morgan fingerprint density at radius 1 is 1.15 bits per heavy atom. The lowest BCUT2D eigenvalue weighted by Crippen LogP contribution is -2.49. The van der Waals surface area contributed by atoms with E-state index >= 15 is 0 Å². The average Bonchev–Trinajstić information content (AvgIpc) is 2.74. The van der Waals surface area contributed by atoms with Gasteiger partial charge in [-0.15, -0.1) is 0 Å². The van der Waals surface area contributed by atoms with Crippen molar-refractivity contribution in [1.29, 1.82) is 0 Å². The third-order valence-corrected chi connectivity index (χ3v) is 5.18. The number of fused-ring (bicyclic) bond motifs is 1. The molecule has 4 N–H and O–H groups in total. The number of hydrogen-bond donors (Lipinski definition) is 4. The van der Waals surface area contributed by atoms with Crippen molar-refractivity contribution in [3.05, 3.63) is 69.8 Å². The summed E-state index contributed by atoms with van der Waals surface area (Å²) in [6, 6.07) is 5.30. The number of nitrogens with zero attached hydrogens (tertiary/aromatic N) is 2. The van der Waals surface area contributed by atoms with Crippen molar-refractivity contribution in [2.75, 3.05) is 24.5 Å². The van der Waals surface area contributed by atoms with Gasteiger partial charge in [0.15, 0.2) is 10.9 Å². The van der Waals surface area contributed by atoms with Gasteiger partial charge in [0.2, 0.25) is 5.43 Å². The zero-order chi connectivity index (χ0) is 25.2. The lowest BCUT2D eigenvalue weighted by atomic mass is 10.1. The Morgan fingerprint density at radius 2 is 1.79 bits per heavy atom. The van der Waals surface area contributed by atoms with Crippen molar-refractivity contribution in [2.45, 2.75) is 13.0 Å². The summed E-state index contributed by atoms with van der Waals surface area (Å²) < 4.78 is 61.6. The molecule has 1 fully saturated rings. The Hall–Kier alpha value is -3.42. The highest BCUT2D eigenvalue weighted by Gasteiger charge is 2.23. The van der Waals surface area contributed by atoms with E-state index in [1.54, 1.807) is 4.90 Å². The Labute approximate surface area is 193 Å². The molecule has 0 amide bonds. The molecule has 0 aliphatic carbocycles. The summed E-state index contributed by atoms with van der Waals surface area (Å²) in [5, 5.41) is 16.5. The number of halogens is 3. The number of benzene rings is 2. The normalized spacial score (nSPS) is 15.8. The number of thiol groups is 1. The molecule has 0 bridgehead atoms. The second-order valence-electron chi connectivity index (χ2n) is 7.55. The summed E-state index contributed by atoms with van der Waals surface area (Å²) in [5.41, 5.74) is -1.34. The van der Waals surface area contributed by atoms with Gasteiger partial charge in [0.05, 0.1) is 16.9 Å². The molecular formula is C21H21F3N4O5S. The third kappa shape index (κ3) is 5.38. The van der Waals surface area contributed by atoms with E-state index in [9.17, 15) is 27.9 Å². The molecule has 0 spiro atoms. The number of nitrogens with one attached hydrogen (secondary N) is 1. The van der Waals surface area contributed by atoms with E-state index in [1.165, 1.54) is 6.07 Å². The standard InChI is InChI=1S/C21H18F3N3O3.H3NO2S/c1-11-9-26(5-4-25-11)19-8-18-13(7-16(19)24)20(28)14(21(29)30)10-27(18)17-3-2-12(22)6-15(17)23;1-4(2)3/h2-3,6-8,10-11,25H,4-5,9H2,1H3,(H,29,30);4H,(H2,1,2,3). The Balaban J connectivity index is 0.000000751. The average molecular weight is 498 g/mol. The van der Waals surface area contributed by atoms with Crippen LogP contribution in [0.5, 0.6) is 0 Å². The van der Waals surface area contributed by atoms with Crippen molar-refractivity contribution in [3.63, 3.8) is 0 Å². The van der Waals surface area contributed by atoms with Crippen LogP contribution in [0.4, 0.5) is 18.9 Å². The molecule has 13 heteroatoms. The van der Waals surface area contributed by atoms with Crippen molar-refractivity contribution < 1.29 is 31.5 Å². The second-order valence-corrected chi connectivity index (χ2v) is 8.12. The van der Waals surface area contributed by atoms with Crippen molar-refractivity contribution >= 4 is 33.4 Å². The van der Waals surface area contributed by atoms with Gasteiger partial charge >= 0.3 is 5.97 Å². The second kappa shape index (κ2) is 10.2. The number of carboxylic acid groups (broad SMARTS) is 1. The largest absolute Gasteiger partial charge is 0.477 e. The quantitative estimate of drug-likeness (QED) is 0.401. The van der Waals surface area contributed by atoms with Crippen LogP contribution in [0.25, 0.3) is 16.6 Å². The highest BCUT2D eigenvalue weighted by molar-refractivity contribution is 7.69. The van der Waals surface area contributed by atoms with Crippen molar-refractivity contribution in [2.24, 2.45) is 5.14 Å². The minimum Gasteiger partial charge on any atom is -0.477 e. The highest BCUT2D eigenvalue weighted by atomic mass is 32.2. The fraction of sp³-hybridized carbons (Fsp3) is 0.238. The molecule has 0 saturated carbocycles. The van der Waals surface area contributed by atoms with E-state index in [2.05, 4.69) is 10.5 Å². The van der Waals surface area contributed by atoms with Crippen LogP contribution in [0.2, 0.25) is 0 Å². The first-order valence-corrected chi connectivity index (χ1v) is 11.2. The minimum atomic E-state index is -2.62. The maximum Gasteiger partial charge on any atom is 0.341 e. The van der Waals surface area contributed by atoms with Crippen LogP contribution < -0.4 is 20.8 Å². The molecular weight excluding hydrogens is 477 g/mol. The number of pyridine rings is 1. The van der Waals surface area contributed by atoms with Gasteiger partial charge < -0.3 is 19.9 Å². The molecule has 34 heavy (non-hydrogen) atoms. The molecule has 2 heterocycles. The van der Waals surface area contributed by atoms with Crippen LogP contribution in [0.1, 0.15) is 17.3 Å². The minimum absolute atomic E-state index is 0.111. The molecule has 1 atom stereocenters. The highest BCUT2D eigenvalue weighted by Crippen LogP contribution is 2.28. The lowest BCUT2D eigenvalue weighted by Gasteiger charge is -2.34. The van der Waals surface area contributed by atoms with Gasteiger partial charge in [-0.3, -0.25) is 4.79 Å². The predicted octanol–water partition coefficient (Wildman–Crippen LogP) is 1.38. The number of anilines is 1. The molecule has 2 aromatic carbocycles. The van der Waals surface area contributed by atoms with Gasteiger partial charge in [-0.05, 0) is 31.2 Å². The monoisotopic (exact) mass is 498 g/mol. The first-order valence-electron chi connectivity index (χ1n) is 9.94. The molecule has 1 aliphatic heterocycles. The number of piperazine rings is 1. The van der Waals surface area contributed by atoms with Crippen LogP contribution in [0.3, 0.4) is 0 Å². The van der Waals surface area contributed by atoms with E-state index < -0.39 is 45.3 Å². The van der Waals surface area contributed by atoms with Gasteiger partial charge in [-0.25, -0.2) is 31.5 Å². The number of nitrogens with two attached hydrogens (primary N) is 1. The van der Waals surface area contributed by atoms with E-state index in [-0.39, 0.29) is 28.3 Å². The van der Waals surface area contributed by atoms with E-state index in [0.717, 1.165) is 29.0 Å². The van der Waals surface area contributed by atoms with E-state index in [1.807, 2.05) is 6.92 Å². The first-order chi connectivity index (χ1) is 16.0. The molecule has 182 valence electrons. The predicted molar refractivity (Wildman–Crippen MR) is 121 cm³/mol. The first kappa shape index (κ1) is 25.2. The summed E-state index contributed by atoms with van der Waals surface area (Å²) in [5.74, 6) is -3.96. The Bertz CT molecular complexity index is 1390. The SMILES string of the molecule is CC1CN(c2cc3c(cc2F)c(=O)c(C(=O)O)cn3-c2ccc(F)cc2F)CCN1.N[SH](=O)=O. The van der Waals surface area contributed by atoms with Gasteiger partial charge in [-0.2, -0.15) is 0 Å². The van der Waals surface area contributed by atoms with Gasteiger partial charge in [-0.1, -0.05) is 0 Å². The maximum atomic E-state index is 14.9. The maximum absolute atomic E-state index is 14.9. The van der Waals surface area contributed by atoms with Crippen LogP contribution in [0.15, 0.2) is 41.3 Å². The van der Waals surface area contributed by atoms with Crippen molar-refractivity contribution in [3.8, 4) is 5.69 Å². The Morgan fingerprint density at radius 3 is 2.38 bits per heavy atom. The molecule has 9 nitrogen and oxygen atoms in total. The summed E-state index contributed by atoms with van der Waals surface area (Å²) in [7, 11) is -2.62. The zero-order valence-electron chi connectivity index (χ0n) is 17.8. The Kier molecular flexibility index (Phi) is 7.59. The summed E-state index contributed by atoms with van der Waals surface area (Å²) in [6.45, 7) is 3.63. The summed E-state index contributed by atoms with van der Waals surface area (Å²) in [6.07, 6.45) is 0.978. The molecule has 1 saturated heterocycles. The topological polar surface area (TPSA) is 135 Å². The smallest absolute Gasteiger partial charge is 0.341 e. The summed E-state index contributed by atoms with van der Waals surface area (Å²) >= 11 is 0. The molecule has 1 unspecified atom stereocenters. The number of carboxylic acids is 1. The van der Waals surface area contributed by atoms with Crippen LogP contribution in [-0.4, -0.2) is 49.7 Å². The number of aromatic nitrogens is 1. The fourth-order valence-electron chi connectivity index (χ4n) is 3.76. The molecule has 1 aliphatic rings. The van der Waals surface area contributed by atoms with Crippen LogP contribution in [-0.2, 0) is 10.9 Å². The number of rotatable bonds is 3.